The molecule has 2 aromatic rings. The monoisotopic (exact) mass is 1320 g/mol. The maximum absolute atomic E-state index is 14.8. The minimum atomic E-state index is -5.08. The number of primary amides is 1. The standard InChI is InChI=1S/C58H94N10O15S.C2HF3O2/c1-15-35(8)49(43(81-13)30-45(69)68-28-20-24-42(68)51(82-14)36(9)52(71)62-37(10)50(70)38-21-17-16-18-22-38)66(11)56(75)47(33(4)5)65-55(74)48(34(6)7)67(12)58(77)83-31-39-25-26-40(29-44(39)84(78,79)80)63-53(72)41(23-19-27-61-57(60)76)64-54(73)46(59)32(2)3;3-2(4,5)1(6)7/h16-18,21-22,25-26,29,32-37,41-43,46-51,70H,15,19-20,23-24,27-28,30-31,59H2,1-14H3,(H,62,71)(H,63,72)(H,64,73)(H,65,74)(H3,60,61,76)(H,78,79,80);(H,6,7)/t35-,36+,37+,41-,42-,43+,46-,47-,48-,49-,50+,51+;/m0./s1. The van der Waals surface area contributed by atoms with Crippen LogP contribution >= 0.6 is 0 Å². The lowest BCUT2D eigenvalue weighted by Gasteiger charge is -2.41. The van der Waals surface area contributed by atoms with E-state index in [4.69, 9.17) is 35.6 Å². The highest BCUT2D eigenvalue weighted by molar-refractivity contribution is 7.85. The molecule has 12 N–H and O–H groups in total. The van der Waals surface area contributed by atoms with Gasteiger partial charge in [-0.3, -0.25) is 38.2 Å². The number of carbonyl (C=O) groups is 9. The first-order valence-corrected chi connectivity index (χ1v) is 31.4. The summed E-state index contributed by atoms with van der Waals surface area (Å²) in [5.74, 6) is -8.20. The molecular formula is C60H95F3N10O17S. The number of aliphatic hydroxyl groups is 1. The summed E-state index contributed by atoms with van der Waals surface area (Å²) in [7, 11) is 0.831. The molecule has 91 heavy (non-hydrogen) atoms. The van der Waals surface area contributed by atoms with E-state index in [2.05, 4.69) is 26.6 Å². The van der Waals surface area contributed by atoms with E-state index in [1.165, 1.54) is 38.3 Å². The van der Waals surface area contributed by atoms with Crippen molar-refractivity contribution in [1.29, 1.82) is 0 Å². The van der Waals surface area contributed by atoms with Crippen LogP contribution in [0.4, 0.5) is 28.4 Å². The van der Waals surface area contributed by atoms with Gasteiger partial charge in [0, 0.05) is 52.7 Å². The number of aliphatic hydroxyl groups excluding tert-OH is 1. The molecule has 0 radical (unpaired) electrons. The van der Waals surface area contributed by atoms with Crippen LogP contribution < -0.4 is 38.1 Å². The van der Waals surface area contributed by atoms with Crippen molar-refractivity contribution in [3.8, 4) is 0 Å². The number of methoxy groups -OCH3 is 2. The van der Waals surface area contributed by atoms with Gasteiger partial charge in [0.05, 0.1) is 54.8 Å². The minimum Gasteiger partial charge on any atom is -0.475 e. The van der Waals surface area contributed by atoms with Crippen LogP contribution in [-0.4, -0.2) is 194 Å². The van der Waals surface area contributed by atoms with Crippen LogP contribution in [0.3, 0.4) is 0 Å². The number of likely N-dealkylation sites (N-methyl/N-ethyl adjacent to an activating group) is 2. The summed E-state index contributed by atoms with van der Waals surface area (Å²) >= 11 is 0. The number of amides is 9. The van der Waals surface area contributed by atoms with Crippen molar-refractivity contribution in [2.75, 3.05) is 46.7 Å². The van der Waals surface area contributed by atoms with Gasteiger partial charge in [-0.2, -0.15) is 21.6 Å². The smallest absolute Gasteiger partial charge is 0.475 e. The van der Waals surface area contributed by atoms with Gasteiger partial charge in [0.15, 0.2) is 0 Å². The highest BCUT2D eigenvalue weighted by Gasteiger charge is 2.44. The number of halogens is 3. The number of aliphatic carboxylic acids is 1. The lowest BCUT2D eigenvalue weighted by Crippen LogP contribution is -2.60. The quantitative estimate of drug-likeness (QED) is 0.0360. The van der Waals surface area contributed by atoms with Gasteiger partial charge in [-0.15, -0.1) is 0 Å². The fourth-order valence-electron chi connectivity index (χ4n) is 10.5. The highest BCUT2D eigenvalue weighted by Crippen LogP contribution is 2.31. The summed E-state index contributed by atoms with van der Waals surface area (Å²) in [4.78, 5) is 121. The average molecular weight is 1320 g/mol. The number of alkyl halides is 3. The number of hydrogen-bond donors (Lipinski definition) is 10. The Bertz CT molecular complexity index is 2870. The number of benzene rings is 2. The zero-order valence-electron chi connectivity index (χ0n) is 54.2. The Balaban J connectivity index is 0.00000379. The largest absolute Gasteiger partial charge is 0.490 e. The molecule has 0 unspecified atom stereocenters. The molecule has 1 fully saturated rings. The van der Waals surface area contributed by atoms with Crippen LogP contribution in [0.5, 0.6) is 0 Å². The molecule has 0 spiro atoms. The molecule has 1 aliphatic heterocycles. The molecule has 0 aromatic heterocycles. The van der Waals surface area contributed by atoms with Gasteiger partial charge < -0.3 is 72.3 Å². The van der Waals surface area contributed by atoms with Crippen molar-refractivity contribution >= 4 is 69.3 Å². The molecule has 1 saturated heterocycles. The maximum atomic E-state index is 14.8. The topological polar surface area (TPSA) is 398 Å². The molecule has 12 atom stereocenters. The van der Waals surface area contributed by atoms with Gasteiger partial charge in [-0.25, -0.2) is 14.4 Å². The van der Waals surface area contributed by atoms with Gasteiger partial charge in [0.25, 0.3) is 10.1 Å². The first-order valence-electron chi connectivity index (χ1n) is 29.9. The van der Waals surface area contributed by atoms with Crippen LogP contribution in [-0.2, 0) is 64.5 Å². The van der Waals surface area contributed by atoms with Gasteiger partial charge in [-0.1, -0.05) is 105 Å². The second kappa shape index (κ2) is 36.7. The van der Waals surface area contributed by atoms with E-state index in [9.17, 15) is 69.6 Å². The van der Waals surface area contributed by atoms with Crippen LogP contribution in [0, 0.1) is 29.6 Å². The predicted octanol–water partition coefficient (Wildman–Crippen LogP) is 4.31. The maximum Gasteiger partial charge on any atom is 0.490 e. The molecule has 2 aromatic carbocycles. The number of ether oxygens (including phenoxy) is 3. The normalized spacial score (nSPS) is 17.0. The zero-order valence-corrected chi connectivity index (χ0v) is 55.1. The number of nitrogens with one attached hydrogen (secondary N) is 5. The number of urea groups is 1. The fourth-order valence-corrected chi connectivity index (χ4v) is 11.2. The fraction of sp³-hybridized carbons (Fsp3) is 0.650. The molecule has 514 valence electrons. The van der Waals surface area contributed by atoms with E-state index in [-0.39, 0.29) is 60.7 Å². The first-order chi connectivity index (χ1) is 42.3. The van der Waals surface area contributed by atoms with E-state index >= 15 is 0 Å². The van der Waals surface area contributed by atoms with Gasteiger partial charge in [0.2, 0.25) is 35.4 Å². The summed E-state index contributed by atoms with van der Waals surface area (Å²) in [6.07, 6.45) is -6.69. The number of carbonyl (C=O) groups excluding carboxylic acids is 8. The van der Waals surface area contributed by atoms with E-state index < -0.39 is 148 Å². The van der Waals surface area contributed by atoms with Crippen molar-refractivity contribution < 1.29 is 93.7 Å². The third-order valence-electron chi connectivity index (χ3n) is 15.9. The zero-order chi connectivity index (χ0) is 69.6. The first kappa shape index (κ1) is 79.9. The summed E-state index contributed by atoms with van der Waals surface area (Å²) in [5, 5.41) is 31.3. The van der Waals surface area contributed by atoms with Crippen molar-refractivity contribution in [3.05, 3.63) is 59.7 Å². The molecule has 31 heteroatoms. The molecule has 1 heterocycles. The summed E-state index contributed by atoms with van der Waals surface area (Å²) in [5.41, 5.74) is 11.5. The highest BCUT2D eigenvalue weighted by atomic mass is 32.2. The Labute approximate surface area is 530 Å². The van der Waals surface area contributed by atoms with E-state index in [1.807, 2.05) is 19.9 Å². The van der Waals surface area contributed by atoms with Gasteiger partial charge in [0.1, 0.15) is 29.6 Å². The number of carboxylic acids is 1. The van der Waals surface area contributed by atoms with Crippen molar-refractivity contribution in [1.82, 2.24) is 36.0 Å². The average Bonchev–Trinajstić information content (AvgIpc) is 1.77. The minimum absolute atomic E-state index is 0.0143. The molecule has 0 bridgehead atoms. The third kappa shape index (κ3) is 24.1. The number of anilines is 1. The van der Waals surface area contributed by atoms with Crippen LogP contribution in [0.15, 0.2) is 53.4 Å². The van der Waals surface area contributed by atoms with Crippen molar-refractivity contribution in [3.63, 3.8) is 0 Å². The second-order valence-electron chi connectivity index (χ2n) is 23.7. The van der Waals surface area contributed by atoms with E-state index in [0.29, 0.717) is 31.4 Å². The Kier molecular flexibility index (Phi) is 32.3. The lowest BCUT2D eigenvalue weighted by atomic mass is 9.89. The molecule has 3 rings (SSSR count). The molecule has 0 saturated carbocycles. The molecule has 9 amide bonds. The van der Waals surface area contributed by atoms with Gasteiger partial charge in [-0.05, 0) is 74.0 Å². The number of hydrogen-bond acceptors (Lipinski definition) is 16. The summed E-state index contributed by atoms with van der Waals surface area (Å²) in [6, 6.07) is 5.34. The Morgan fingerprint density at radius 3 is 1.92 bits per heavy atom. The van der Waals surface area contributed by atoms with Crippen LogP contribution in [0.25, 0.3) is 0 Å². The lowest BCUT2D eigenvalue weighted by molar-refractivity contribution is -0.192. The number of nitrogens with two attached hydrogens (primary N) is 2. The third-order valence-corrected chi connectivity index (χ3v) is 16.8. The number of rotatable bonds is 32. The number of carboxylic acid groups (broad SMARTS) is 1. The second-order valence-corrected chi connectivity index (χ2v) is 25.1. The molecule has 0 aliphatic carbocycles. The summed E-state index contributed by atoms with van der Waals surface area (Å²) < 4.78 is 85.0. The van der Waals surface area contributed by atoms with E-state index in [0.717, 1.165) is 11.0 Å². The van der Waals surface area contributed by atoms with Crippen LogP contribution in [0.2, 0.25) is 0 Å². The van der Waals surface area contributed by atoms with E-state index in [1.54, 1.807) is 91.6 Å². The SMILES string of the molecule is CC[C@H](C)[C@@H]([C@@H](CC(=O)N1CCC[C@H]1[C@H](OC)[C@@H](C)C(=O)N[C@H](C)[C@@H](O)c1ccccc1)OC)N(C)C(=O)[C@@H](NC(=O)[C@H](C(C)C)N(C)C(=O)OCc1ccc(NC(=O)[C@H](CCCNC(N)=O)NC(=O)[C@@H](N)C(C)C)cc1S(=O)(=O)O)C(C)C.O=C(O)C(F)(F)F. The Morgan fingerprint density at radius 1 is 0.813 bits per heavy atom. The molecule has 27 nitrogen and oxygen atoms in total. The summed E-state index contributed by atoms with van der Waals surface area (Å²) in [6.45, 7) is 17.4. The van der Waals surface area contributed by atoms with Crippen LogP contribution in [0.1, 0.15) is 125 Å². The number of likely N-dealkylation sites (tertiary alicyclic amines) is 1. The molecule has 1 aliphatic rings. The molecular weight excluding hydrogens is 1220 g/mol. The van der Waals surface area contributed by atoms with Crippen molar-refractivity contribution in [2.45, 2.75) is 186 Å². The Hall–Kier alpha value is -7.19. The number of nitrogens with zero attached hydrogens (tertiary/aromatic N) is 3. The van der Waals surface area contributed by atoms with Gasteiger partial charge >= 0.3 is 24.3 Å². The Morgan fingerprint density at radius 2 is 1.42 bits per heavy atom. The van der Waals surface area contributed by atoms with Crippen molar-refractivity contribution in [2.24, 2.45) is 41.1 Å². The predicted molar refractivity (Wildman–Crippen MR) is 329 cm³/mol.